The van der Waals surface area contributed by atoms with Crippen molar-refractivity contribution in [3.8, 4) is 0 Å². The van der Waals surface area contributed by atoms with Gasteiger partial charge < -0.3 is 10.2 Å². The van der Waals surface area contributed by atoms with Crippen LogP contribution in [0.1, 0.15) is 42.5 Å². The maximum Gasteiger partial charge on any atom is 0.264 e. The fourth-order valence-electron chi connectivity index (χ4n) is 4.32. The minimum absolute atomic E-state index is 0.0566. The van der Waals surface area contributed by atoms with Gasteiger partial charge in [0.1, 0.15) is 12.6 Å². The van der Waals surface area contributed by atoms with E-state index in [0.29, 0.717) is 29.2 Å². The molecule has 0 aliphatic rings. The van der Waals surface area contributed by atoms with Gasteiger partial charge in [0.15, 0.2) is 0 Å². The van der Waals surface area contributed by atoms with Gasteiger partial charge in [-0.05, 0) is 69.5 Å². The Labute approximate surface area is 236 Å². The van der Waals surface area contributed by atoms with Crippen LogP contribution in [0.2, 0.25) is 5.02 Å². The van der Waals surface area contributed by atoms with Gasteiger partial charge in [-0.15, -0.1) is 0 Å². The second kappa shape index (κ2) is 13.1. The highest BCUT2D eigenvalue weighted by molar-refractivity contribution is 7.92. The van der Waals surface area contributed by atoms with Crippen LogP contribution >= 0.6 is 11.6 Å². The molecule has 0 saturated heterocycles. The predicted molar refractivity (Wildman–Crippen MR) is 156 cm³/mol. The summed E-state index contributed by atoms with van der Waals surface area (Å²) in [5.74, 6) is -0.781. The van der Waals surface area contributed by atoms with Gasteiger partial charge in [-0.3, -0.25) is 13.9 Å². The van der Waals surface area contributed by atoms with E-state index in [1.165, 1.54) is 17.0 Å². The molecule has 0 fully saturated rings. The summed E-state index contributed by atoms with van der Waals surface area (Å²) < 4.78 is 29.0. The number of hydrogen-bond acceptors (Lipinski definition) is 4. The Bertz CT molecular complexity index is 1410. The number of carbonyl (C=O) groups excluding carboxylic acids is 2. The van der Waals surface area contributed by atoms with Crippen LogP contribution in [0.4, 0.5) is 5.69 Å². The molecule has 0 bridgehead atoms. The van der Waals surface area contributed by atoms with Crippen molar-refractivity contribution in [2.75, 3.05) is 17.4 Å². The Balaban J connectivity index is 2.10. The highest BCUT2D eigenvalue weighted by Gasteiger charge is 2.34. The average Bonchev–Trinajstić information content (AvgIpc) is 2.90. The number of sulfonamides is 1. The lowest BCUT2D eigenvalue weighted by Gasteiger charge is -2.33. The monoisotopic (exact) mass is 569 g/mol. The summed E-state index contributed by atoms with van der Waals surface area (Å²) in [4.78, 5) is 28.6. The first kappa shape index (κ1) is 30.2. The predicted octanol–water partition coefficient (Wildman–Crippen LogP) is 5.40. The zero-order valence-electron chi connectivity index (χ0n) is 23.1. The number of rotatable bonds is 11. The summed E-state index contributed by atoms with van der Waals surface area (Å²) in [6, 6.07) is 18.3. The summed E-state index contributed by atoms with van der Waals surface area (Å²) >= 11 is 6.37. The van der Waals surface area contributed by atoms with E-state index < -0.39 is 28.5 Å². The van der Waals surface area contributed by atoms with Crippen molar-refractivity contribution in [2.45, 2.75) is 58.5 Å². The van der Waals surface area contributed by atoms with E-state index in [-0.39, 0.29) is 17.3 Å². The molecule has 3 rings (SSSR count). The summed E-state index contributed by atoms with van der Waals surface area (Å²) in [5, 5.41) is 3.19. The Kier molecular flexibility index (Phi) is 10.2. The van der Waals surface area contributed by atoms with E-state index in [4.69, 9.17) is 11.6 Å². The van der Waals surface area contributed by atoms with E-state index >= 15 is 0 Å². The van der Waals surface area contributed by atoms with Crippen LogP contribution in [0.15, 0.2) is 71.6 Å². The molecule has 0 radical (unpaired) electrons. The van der Waals surface area contributed by atoms with Gasteiger partial charge >= 0.3 is 0 Å². The fourth-order valence-corrected chi connectivity index (χ4v) is 5.96. The lowest BCUT2D eigenvalue weighted by atomic mass is 10.1. The number of aryl methyl sites for hydroxylation is 2. The molecular weight excluding hydrogens is 534 g/mol. The number of likely N-dealkylation sites (N-methyl/N-ethyl adjacent to an activating group) is 1. The van der Waals surface area contributed by atoms with E-state index in [9.17, 15) is 18.0 Å². The largest absolute Gasteiger partial charge is 0.355 e. The zero-order chi connectivity index (χ0) is 28.7. The quantitative estimate of drug-likeness (QED) is 0.335. The summed E-state index contributed by atoms with van der Waals surface area (Å²) in [7, 11) is -4.15. The van der Waals surface area contributed by atoms with Crippen LogP contribution in [0.25, 0.3) is 0 Å². The van der Waals surface area contributed by atoms with Crippen LogP contribution in [0, 0.1) is 20.8 Å². The van der Waals surface area contributed by atoms with E-state index in [2.05, 4.69) is 5.32 Å². The third-order valence-electron chi connectivity index (χ3n) is 6.61. The first-order valence-electron chi connectivity index (χ1n) is 13.0. The average molecular weight is 570 g/mol. The molecule has 39 heavy (non-hydrogen) atoms. The second-order valence-corrected chi connectivity index (χ2v) is 11.8. The third kappa shape index (κ3) is 7.19. The van der Waals surface area contributed by atoms with Gasteiger partial charge in [-0.25, -0.2) is 8.42 Å². The molecule has 0 spiro atoms. The van der Waals surface area contributed by atoms with E-state index in [0.717, 1.165) is 21.0 Å². The first-order chi connectivity index (χ1) is 18.5. The van der Waals surface area contributed by atoms with E-state index in [1.54, 1.807) is 37.3 Å². The number of hydrogen-bond donors (Lipinski definition) is 1. The zero-order valence-corrected chi connectivity index (χ0v) is 24.6. The molecule has 0 aromatic heterocycles. The highest BCUT2D eigenvalue weighted by atomic mass is 35.5. The Morgan fingerprint density at radius 3 is 2.05 bits per heavy atom. The normalized spacial score (nSPS) is 12.1. The van der Waals surface area contributed by atoms with Gasteiger partial charge in [0.05, 0.1) is 10.6 Å². The standard InChI is InChI=1S/C30H36ClN3O4S/c1-6-27(30(36)32-7-2)33(19-24-15-11-21(3)12-16-24)29(35)20-34(28-10-8-9-26(31)23(28)5)39(37,38)25-17-13-22(4)14-18-25/h8-18,27H,6-7,19-20H2,1-5H3,(H,32,36). The summed E-state index contributed by atoms with van der Waals surface area (Å²) in [6.45, 7) is 9.27. The number of amides is 2. The maximum absolute atomic E-state index is 14.0. The molecule has 0 saturated carbocycles. The number of carbonyl (C=O) groups is 2. The molecule has 2 amide bonds. The van der Waals surface area contributed by atoms with Crippen LogP contribution in [0.5, 0.6) is 0 Å². The molecule has 3 aromatic carbocycles. The van der Waals surface area contributed by atoms with Crippen molar-refractivity contribution >= 4 is 39.1 Å². The molecule has 0 heterocycles. The number of nitrogens with one attached hydrogen (secondary N) is 1. The fraction of sp³-hybridized carbons (Fsp3) is 0.333. The molecule has 1 N–H and O–H groups in total. The second-order valence-electron chi connectivity index (χ2n) is 9.53. The Morgan fingerprint density at radius 1 is 0.897 bits per heavy atom. The number of halogens is 1. The number of benzene rings is 3. The van der Waals surface area contributed by atoms with Crippen LogP contribution in [-0.2, 0) is 26.2 Å². The van der Waals surface area contributed by atoms with Crippen LogP contribution in [0.3, 0.4) is 0 Å². The molecule has 3 aromatic rings. The van der Waals surface area contributed by atoms with Gasteiger partial charge in [0.25, 0.3) is 10.0 Å². The smallest absolute Gasteiger partial charge is 0.264 e. The summed E-state index contributed by atoms with van der Waals surface area (Å²) in [5.41, 5.74) is 3.65. The first-order valence-corrected chi connectivity index (χ1v) is 14.8. The topological polar surface area (TPSA) is 86.8 Å². The van der Waals surface area contributed by atoms with E-state index in [1.807, 2.05) is 52.0 Å². The van der Waals surface area contributed by atoms with Crippen molar-refractivity contribution in [3.05, 3.63) is 94.0 Å². The van der Waals surface area contributed by atoms with Crippen molar-refractivity contribution in [1.82, 2.24) is 10.2 Å². The third-order valence-corrected chi connectivity index (χ3v) is 8.79. The number of anilines is 1. The molecule has 1 unspecified atom stereocenters. The molecule has 7 nitrogen and oxygen atoms in total. The van der Waals surface area contributed by atoms with Crippen molar-refractivity contribution in [1.29, 1.82) is 0 Å². The molecular formula is C30H36ClN3O4S. The number of nitrogens with zero attached hydrogens (tertiary/aromatic N) is 2. The molecule has 0 aliphatic carbocycles. The lowest BCUT2D eigenvalue weighted by molar-refractivity contribution is -0.140. The lowest BCUT2D eigenvalue weighted by Crippen LogP contribution is -2.52. The summed E-state index contributed by atoms with van der Waals surface area (Å²) in [6.07, 6.45) is 0.365. The highest BCUT2D eigenvalue weighted by Crippen LogP contribution is 2.31. The molecule has 1 atom stereocenters. The van der Waals surface area contributed by atoms with Gasteiger partial charge in [0.2, 0.25) is 11.8 Å². The molecule has 208 valence electrons. The van der Waals surface area contributed by atoms with Crippen molar-refractivity contribution < 1.29 is 18.0 Å². The minimum atomic E-state index is -4.15. The van der Waals surface area contributed by atoms with Gasteiger partial charge in [-0.2, -0.15) is 0 Å². The maximum atomic E-state index is 14.0. The van der Waals surface area contributed by atoms with Crippen molar-refractivity contribution in [2.24, 2.45) is 0 Å². The van der Waals surface area contributed by atoms with Gasteiger partial charge in [-0.1, -0.05) is 72.1 Å². The van der Waals surface area contributed by atoms with Crippen LogP contribution < -0.4 is 9.62 Å². The molecule has 0 aliphatic heterocycles. The van der Waals surface area contributed by atoms with Crippen LogP contribution in [-0.4, -0.2) is 44.3 Å². The van der Waals surface area contributed by atoms with Crippen molar-refractivity contribution in [3.63, 3.8) is 0 Å². The minimum Gasteiger partial charge on any atom is -0.355 e. The molecule has 9 heteroatoms. The SMILES string of the molecule is CCNC(=O)C(CC)N(Cc1ccc(C)cc1)C(=O)CN(c1cccc(Cl)c1C)S(=O)(=O)c1ccc(C)cc1. The van der Waals surface area contributed by atoms with Gasteiger partial charge in [0, 0.05) is 18.1 Å². The Morgan fingerprint density at radius 2 is 1.49 bits per heavy atom. The Hall–Kier alpha value is -3.36.